The highest BCUT2D eigenvalue weighted by Crippen LogP contribution is 2.18. The van der Waals surface area contributed by atoms with Crippen LogP contribution in [0, 0.1) is 0 Å². The van der Waals surface area contributed by atoms with Gasteiger partial charge in [0, 0.05) is 29.7 Å². The average molecular weight is 262 g/mol. The first-order valence-electron chi connectivity index (χ1n) is 5.39. The van der Waals surface area contributed by atoms with Crippen molar-refractivity contribution in [1.29, 1.82) is 0 Å². The van der Waals surface area contributed by atoms with Crippen LogP contribution in [0.3, 0.4) is 0 Å². The molecule has 0 spiro atoms. The van der Waals surface area contributed by atoms with Crippen molar-refractivity contribution >= 4 is 23.2 Å². The molecule has 0 fully saturated rings. The minimum absolute atomic E-state index is 0.222. The first-order chi connectivity index (χ1) is 7.61. The van der Waals surface area contributed by atoms with E-state index in [9.17, 15) is 0 Å². The maximum Gasteiger partial charge on any atom is 0.0671 e. The molecule has 0 aliphatic rings. The van der Waals surface area contributed by atoms with Gasteiger partial charge in [0.25, 0.3) is 0 Å². The molecule has 16 heavy (non-hydrogen) atoms. The van der Waals surface area contributed by atoms with E-state index >= 15 is 0 Å². The summed E-state index contributed by atoms with van der Waals surface area (Å²) in [6.45, 7) is 6.34. The molecule has 1 aromatic carbocycles. The predicted molar refractivity (Wildman–Crippen MR) is 69.3 cm³/mol. The van der Waals surface area contributed by atoms with Crippen molar-refractivity contribution in [3.05, 3.63) is 33.8 Å². The lowest BCUT2D eigenvalue weighted by molar-refractivity contribution is 0.0759. The zero-order valence-corrected chi connectivity index (χ0v) is 11.1. The van der Waals surface area contributed by atoms with E-state index in [1.807, 2.05) is 26.0 Å². The molecular formula is C12H17Cl2NO. The molecule has 2 nitrogen and oxygen atoms in total. The first kappa shape index (κ1) is 13.8. The number of halogens is 2. The topological polar surface area (TPSA) is 21.3 Å². The second-order valence-corrected chi connectivity index (χ2v) is 4.55. The van der Waals surface area contributed by atoms with E-state index in [4.69, 9.17) is 27.9 Å². The zero-order chi connectivity index (χ0) is 12.0. The SMILES string of the molecule is CCOC(C)CNCc1cc(Cl)cc(Cl)c1. The lowest BCUT2D eigenvalue weighted by atomic mass is 10.2. The van der Waals surface area contributed by atoms with Gasteiger partial charge in [0.15, 0.2) is 0 Å². The summed E-state index contributed by atoms with van der Waals surface area (Å²) in [5, 5.41) is 4.64. The summed E-state index contributed by atoms with van der Waals surface area (Å²) < 4.78 is 5.41. The number of ether oxygens (including phenoxy) is 1. The van der Waals surface area contributed by atoms with E-state index in [0.29, 0.717) is 10.0 Å². The monoisotopic (exact) mass is 261 g/mol. The van der Waals surface area contributed by atoms with Gasteiger partial charge in [-0.15, -0.1) is 0 Å². The highest BCUT2D eigenvalue weighted by atomic mass is 35.5. The molecule has 0 aliphatic heterocycles. The molecule has 0 heterocycles. The largest absolute Gasteiger partial charge is 0.377 e. The van der Waals surface area contributed by atoms with Gasteiger partial charge < -0.3 is 10.1 Å². The van der Waals surface area contributed by atoms with Crippen molar-refractivity contribution in [3.8, 4) is 0 Å². The molecule has 1 atom stereocenters. The predicted octanol–water partition coefficient (Wildman–Crippen LogP) is 3.51. The summed E-state index contributed by atoms with van der Waals surface area (Å²) >= 11 is 11.8. The van der Waals surface area contributed by atoms with Gasteiger partial charge in [-0.3, -0.25) is 0 Å². The molecule has 90 valence electrons. The molecule has 1 unspecified atom stereocenters. The van der Waals surface area contributed by atoms with Crippen molar-refractivity contribution in [2.75, 3.05) is 13.2 Å². The van der Waals surface area contributed by atoms with Gasteiger partial charge in [-0.2, -0.15) is 0 Å². The van der Waals surface area contributed by atoms with Crippen LogP contribution in [-0.4, -0.2) is 19.3 Å². The van der Waals surface area contributed by atoms with E-state index in [0.717, 1.165) is 25.3 Å². The third kappa shape index (κ3) is 5.17. The van der Waals surface area contributed by atoms with Crippen molar-refractivity contribution in [3.63, 3.8) is 0 Å². The Morgan fingerprint density at radius 1 is 1.25 bits per heavy atom. The smallest absolute Gasteiger partial charge is 0.0671 e. The molecule has 1 aromatic rings. The number of hydrogen-bond donors (Lipinski definition) is 1. The normalized spacial score (nSPS) is 12.8. The summed E-state index contributed by atoms with van der Waals surface area (Å²) in [6.07, 6.45) is 0.222. The van der Waals surface area contributed by atoms with E-state index in [-0.39, 0.29) is 6.10 Å². The maximum atomic E-state index is 5.90. The Labute approximate surface area is 107 Å². The van der Waals surface area contributed by atoms with Crippen LogP contribution in [0.15, 0.2) is 18.2 Å². The van der Waals surface area contributed by atoms with Crippen LogP contribution >= 0.6 is 23.2 Å². The molecule has 4 heteroatoms. The third-order valence-corrected chi connectivity index (χ3v) is 2.57. The highest BCUT2D eigenvalue weighted by Gasteiger charge is 2.01. The van der Waals surface area contributed by atoms with Crippen LogP contribution in [0.2, 0.25) is 10.0 Å². The number of benzene rings is 1. The lowest BCUT2D eigenvalue weighted by Gasteiger charge is -2.12. The van der Waals surface area contributed by atoms with Crippen molar-refractivity contribution in [1.82, 2.24) is 5.32 Å². The highest BCUT2D eigenvalue weighted by molar-refractivity contribution is 6.34. The van der Waals surface area contributed by atoms with Gasteiger partial charge >= 0.3 is 0 Å². The second kappa shape index (κ2) is 7.13. The van der Waals surface area contributed by atoms with Gasteiger partial charge in [-0.05, 0) is 37.6 Å². The van der Waals surface area contributed by atoms with Crippen LogP contribution < -0.4 is 5.32 Å². The molecule has 0 aliphatic carbocycles. The summed E-state index contributed by atoms with van der Waals surface area (Å²) in [7, 11) is 0. The minimum Gasteiger partial charge on any atom is -0.377 e. The van der Waals surface area contributed by atoms with E-state index in [2.05, 4.69) is 5.32 Å². The fourth-order valence-electron chi connectivity index (χ4n) is 1.48. The Kier molecular flexibility index (Phi) is 6.14. The number of nitrogens with one attached hydrogen (secondary N) is 1. The molecule has 1 rings (SSSR count). The van der Waals surface area contributed by atoms with Crippen LogP contribution in [0.25, 0.3) is 0 Å². The second-order valence-electron chi connectivity index (χ2n) is 3.67. The van der Waals surface area contributed by atoms with Crippen LogP contribution in [0.1, 0.15) is 19.4 Å². The number of hydrogen-bond acceptors (Lipinski definition) is 2. The summed E-state index contributed by atoms with van der Waals surface area (Å²) in [5.74, 6) is 0. The van der Waals surface area contributed by atoms with E-state index < -0.39 is 0 Å². The van der Waals surface area contributed by atoms with Gasteiger partial charge in [0.2, 0.25) is 0 Å². The zero-order valence-electron chi connectivity index (χ0n) is 9.59. The molecule has 0 saturated carbocycles. The Bertz CT molecular complexity index is 311. The van der Waals surface area contributed by atoms with Crippen LogP contribution in [0.4, 0.5) is 0 Å². The first-order valence-corrected chi connectivity index (χ1v) is 6.14. The molecule has 0 aromatic heterocycles. The van der Waals surface area contributed by atoms with Gasteiger partial charge in [0.05, 0.1) is 6.10 Å². The maximum absolute atomic E-state index is 5.90. The third-order valence-electron chi connectivity index (χ3n) is 2.13. The standard InChI is InChI=1S/C12H17Cl2NO/c1-3-16-9(2)7-15-8-10-4-11(13)6-12(14)5-10/h4-6,9,15H,3,7-8H2,1-2H3. The minimum atomic E-state index is 0.222. The average Bonchev–Trinajstić information content (AvgIpc) is 2.16. The molecule has 0 bridgehead atoms. The Morgan fingerprint density at radius 3 is 2.44 bits per heavy atom. The Balaban J connectivity index is 2.37. The lowest BCUT2D eigenvalue weighted by Crippen LogP contribution is -2.26. The fourth-order valence-corrected chi connectivity index (χ4v) is 2.05. The van der Waals surface area contributed by atoms with Gasteiger partial charge in [-0.25, -0.2) is 0 Å². The molecular weight excluding hydrogens is 245 g/mol. The van der Waals surface area contributed by atoms with Crippen molar-refractivity contribution in [2.24, 2.45) is 0 Å². The number of rotatable bonds is 6. The Morgan fingerprint density at radius 2 is 1.88 bits per heavy atom. The quantitative estimate of drug-likeness (QED) is 0.847. The van der Waals surface area contributed by atoms with Gasteiger partial charge in [-0.1, -0.05) is 23.2 Å². The summed E-state index contributed by atoms with van der Waals surface area (Å²) in [6, 6.07) is 5.55. The van der Waals surface area contributed by atoms with Crippen LogP contribution in [-0.2, 0) is 11.3 Å². The summed E-state index contributed by atoms with van der Waals surface area (Å²) in [4.78, 5) is 0. The Hall–Kier alpha value is -0.280. The van der Waals surface area contributed by atoms with Crippen LogP contribution in [0.5, 0.6) is 0 Å². The van der Waals surface area contributed by atoms with Crippen molar-refractivity contribution in [2.45, 2.75) is 26.5 Å². The molecule has 0 saturated heterocycles. The van der Waals surface area contributed by atoms with Gasteiger partial charge in [0.1, 0.15) is 0 Å². The van der Waals surface area contributed by atoms with E-state index in [1.54, 1.807) is 6.07 Å². The molecule has 1 N–H and O–H groups in total. The van der Waals surface area contributed by atoms with Crippen molar-refractivity contribution < 1.29 is 4.74 Å². The molecule has 0 radical (unpaired) electrons. The van der Waals surface area contributed by atoms with E-state index in [1.165, 1.54) is 0 Å². The summed E-state index contributed by atoms with van der Waals surface area (Å²) in [5.41, 5.74) is 1.08. The fraction of sp³-hybridized carbons (Fsp3) is 0.500. The molecule has 0 amide bonds.